The molecular formula is C27H33F3N4O5S. The summed E-state index contributed by atoms with van der Waals surface area (Å²) in [6, 6.07) is 2.92. The number of oxazole rings is 1. The molecule has 40 heavy (non-hydrogen) atoms. The summed E-state index contributed by atoms with van der Waals surface area (Å²) in [4.78, 5) is 25.2. The minimum Gasteiger partial charge on any atom is -0.444 e. The van der Waals surface area contributed by atoms with Crippen LogP contribution in [0.25, 0.3) is 21.7 Å². The molecule has 6 rings (SSSR count). The lowest BCUT2D eigenvalue weighted by atomic mass is 9.88. The Labute approximate surface area is 234 Å². The van der Waals surface area contributed by atoms with Crippen LogP contribution in [0.1, 0.15) is 52.7 Å². The van der Waals surface area contributed by atoms with Gasteiger partial charge in [-0.2, -0.15) is 18.2 Å². The summed E-state index contributed by atoms with van der Waals surface area (Å²) in [5.74, 6) is 0. The van der Waals surface area contributed by atoms with Gasteiger partial charge in [-0.25, -0.2) is 9.78 Å². The summed E-state index contributed by atoms with van der Waals surface area (Å²) < 4.78 is 65.5. The van der Waals surface area contributed by atoms with E-state index in [0.717, 1.165) is 6.42 Å². The Morgan fingerprint density at radius 2 is 1.88 bits per heavy atom. The van der Waals surface area contributed by atoms with E-state index in [1.54, 1.807) is 36.4 Å². The quantitative estimate of drug-likeness (QED) is 0.326. The van der Waals surface area contributed by atoms with Crippen molar-refractivity contribution in [1.29, 1.82) is 0 Å². The number of hydrogen-bond donors (Lipinski definition) is 0. The molecule has 0 aliphatic carbocycles. The molecule has 0 saturated carbocycles. The number of anilines is 1. The van der Waals surface area contributed by atoms with Crippen molar-refractivity contribution >= 4 is 34.5 Å². The zero-order valence-electron chi connectivity index (χ0n) is 23.2. The van der Waals surface area contributed by atoms with E-state index < -0.39 is 23.5 Å². The third-order valence-electron chi connectivity index (χ3n) is 7.02. The second-order valence-electron chi connectivity index (χ2n) is 11.7. The molecule has 0 radical (unpaired) electrons. The zero-order chi connectivity index (χ0) is 29.0. The lowest BCUT2D eigenvalue weighted by molar-refractivity contribution is -0.235. The van der Waals surface area contributed by atoms with Crippen molar-refractivity contribution < 1.29 is 36.6 Å². The number of carbonyl (C=O) groups excluding carboxylic acids is 1. The number of hydrogen-bond acceptors (Lipinski definition) is 9. The number of aromatic nitrogens is 2. The van der Waals surface area contributed by atoms with Crippen LogP contribution in [0.3, 0.4) is 0 Å². The molecule has 3 aromatic rings. The molecule has 218 valence electrons. The molecule has 3 saturated heterocycles. The molecular weight excluding hydrogens is 549 g/mol. The van der Waals surface area contributed by atoms with E-state index >= 15 is 0 Å². The smallest absolute Gasteiger partial charge is 0.418 e. The van der Waals surface area contributed by atoms with E-state index in [0.29, 0.717) is 23.7 Å². The monoisotopic (exact) mass is 582 g/mol. The number of halogens is 3. The summed E-state index contributed by atoms with van der Waals surface area (Å²) in [5.41, 5.74) is -0.879. The highest BCUT2D eigenvalue weighted by Gasteiger charge is 2.50. The van der Waals surface area contributed by atoms with Crippen LogP contribution in [0.4, 0.5) is 24.0 Å². The second kappa shape index (κ2) is 10.2. The van der Waals surface area contributed by atoms with E-state index in [9.17, 15) is 18.0 Å². The standard InChI is InChI=1S/C27H33F3N4O5S/c1-25(2,3)39-24(35)34-15-11-16(34)13-33(12-15)23-32-19-17(21(27(28,29)30)37-14-26(4,5)36-6)7-8-18(20(19)38-23)22-31-9-10-40-22/h7-10,15-16,21H,11-14H2,1-6H3. The number of thiazole rings is 1. The topological polar surface area (TPSA) is 90.2 Å². The first-order chi connectivity index (χ1) is 18.7. The van der Waals surface area contributed by atoms with Crippen molar-refractivity contribution in [2.75, 3.05) is 31.7 Å². The number of benzene rings is 1. The highest BCUT2D eigenvalue weighted by atomic mass is 32.1. The number of piperazine rings is 1. The number of nitrogens with zero attached hydrogens (tertiary/aromatic N) is 4. The normalized spacial score (nSPS) is 20.5. The van der Waals surface area contributed by atoms with Gasteiger partial charge in [0.25, 0.3) is 6.01 Å². The maximum Gasteiger partial charge on any atom is 0.418 e. The van der Waals surface area contributed by atoms with Gasteiger partial charge in [0.05, 0.1) is 29.9 Å². The predicted molar refractivity (Wildman–Crippen MR) is 143 cm³/mol. The van der Waals surface area contributed by atoms with Crippen molar-refractivity contribution in [2.45, 2.75) is 76.6 Å². The number of rotatable bonds is 7. The Balaban J connectivity index is 1.49. The summed E-state index contributed by atoms with van der Waals surface area (Å²) in [7, 11) is 1.42. The van der Waals surface area contributed by atoms with Crippen LogP contribution in [-0.2, 0) is 14.2 Å². The zero-order valence-corrected chi connectivity index (χ0v) is 24.1. The highest BCUT2D eigenvalue weighted by molar-refractivity contribution is 7.13. The van der Waals surface area contributed by atoms with E-state index in [2.05, 4.69) is 9.97 Å². The molecule has 3 fully saturated rings. The molecule has 9 nitrogen and oxygen atoms in total. The molecule has 1 amide bonds. The van der Waals surface area contributed by atoms with Crippen LogP contribution < -0.4 is 4.90 Å². The Bertz CT molecular complexity index is 1360. The van der Waals surface area contributed by atoms with Crippen molar-refractivity contribution in [2.24, 2.45) is 0 Å². The van der Waals surface area contributed by atoms with Crippen LogP contribution in [0.15, 0.2) is 28.1 Å². The molecule has 3 unspecified atom stereocenters. The number of amides is 1. The average molecular weight is 583 g/mol. The van der Waals surface area contributed by atoms with Gasteiger partial charge in [-0.15, -0.1) is 11.3 Å². The highest BCUT2D eigenvalue weighted by Crippen LogP contribution is 2.44. The number of fused-ring (bicyclic) bond motifs is 3. The average Bonchev–Trinajstić information content (AvgIpc) is 3.53. The third-order valence-corrected chi connectivity index (χ3v) is 7.83. The Morgan fingerprint density at radius 3 is 2.45 bits per heavy atom. The molecule has 1 aromatic carbocycles. The summed E-state index contributed by atoms with van der Waals surface area (Å²) >= 11 is 1.35. The fraction of sp³-hybridized carbons (Fsp3) is 0.593. The molecule has 13 heteroatoms. The lowest BCUT2D eigenvalue weighted by Crippen LogP contribution is -2.70. The number of alkyl halides is 3. The van der Waals surface area contributed by atoms with Gasteiger partial charge in [-0.05, 0) is 47.1 Å². The minimum atomic E-state index is -4.71. The Hall–Kier alpha value is -2.90. The molecule has 2 aromatic heterocycles. The minimum absolute atomic E-state index is 0.0588. The van der Waals surface area contributed by atoms with Crippen molar-refractivity contribution in [1.82, 2.24) is 14.9 Å². The lowest BCUT2D eigenvalue weighted by Gasteiger charge is -2.55. The molecule has 2 bridgehead atoms. The van der Waals surface area contributed by atoms with Gasteiger partial charge in [-0.1, -0.05) is 6.07 Å². The van der Waals surface area contributed by atoms with Gasteiger partial charge in [0.1, 0.15) is 16.1 Å². The van der Waals surface area contributed by atoms with Crippen LogP contribution in [0, 0.1) is 0 Å². The van der Waals surface area contributed by atoms with Crippen molar-refractivity contribution in [3.05, 3.63) is 29.3 Å². The first-order valence-corrected chi connectivity index (χ1v) is 13.9. The van der Waals surface area contributed by atoms with Gasteiger partial charge in [0.15, 0.2) is 11.7 Å². The second-order valence-corrected chi connectivity index (χ2v) is 12.6. The first kappa shape index (κ1) is 28.6. The first-order valence-electron chi connectivity index (χ1n) is 13.0. The van der Waals surface area contributed by atoms with Crippen LogP contribution in [0.5, 0.6) is 0 Å². The number of carbonyl (C=O) groups is 1. The number of methoxy groups -OCH3 is 1. The van der Waals surface area contributed by atoms with Crippen LogP contribution in [-0.4, -0.2) is 77.2 Å². The van der Waals surface area contributed by atoms with Crippen molar-refractivity contribution in [3.63, 3.8) is 0 Å². The van der Waals surface area contributed by atoms with E-state index in [-0.39, 0.29) is 47.5 Å². The third kappa shape index (κ3) is 5.64. The van der Waals surface area contributed by atoms with Gasteiger partial charge in [0, 0.05) is 37.3 Å². The van der Waals surface area contributed by atoms with E-state index in [1.165, 1.54) is 24.5 Å². The maximum atomic E-state index is 14.3. The molecule has 5 heterocycles. The summed E-state index contributed by atoms with van der Waals surface area (Å²) in [6.07, 6.45) is -4.90. The predicted octanol–water partition coefficient (Wildman–Crippen LogP) is 6.19. The number of piperidine rings is 1. The van der Waals surface area contributed by atoms with Gasteiger partial charge in [0.2, 0.25) is 0 Å². The Morgan fingerprint density at radius 1 is 1.18 bits per heavy atom. The summed E-state index contributed by atoms with van der Waals surface area (Å²) in [6.45, 7) is 9.31. The van der Waals surface area contributed by atoms with Gasteiger partial charge >= 0.3 is 12.3 Å². The fourth-order valence-corrected chi connectivity index (χ4v) is 5.63. The molecule has 3 atom stereocenters. The van der Waals surface area contributed by atoms with E-state index in [4.69, 9.17) is 18.6 Å². The molecule has 3 aliphatic heterocycles. The van der Waals surface area contributed by atoms with Gasteiger partial charge in [-0.3, -0.25) is 4.90 Å². The fourth-order valence-electron chi connectivity index (χ4n) is 4.97. The molecule has 3 aliphatic rings. The van der Waals surface area contributed by atoms with Crippen LogP contribution >= 0.6 is 11.3 Å². The van der Waals surface area contributed by atoms with Gasteiger partial charge < -0.3 is 23.5 Å². The largest absolute Gasteiger partial charge is 0.444 e. The molecule has 0 N–H and O–H groups in total. The van der Waals surface area contributed by atoms with Crippen LogP contribution in [0.2, 0.25) is 0 Å². The Kier molecular flexibility index (Phi) is 7.28. The van der Waals surface area contributed by atoms with E-state index in [1.807, 2.05) is 25.7 Å². The summed E-state index contributed by atoms with van der Waals surface area (Å²) in [5, 5.41) is 2.38. The maximum absolute atomic E-state index is 14.3. The SMILES string of the molecule is COC(C)(C)COC(c1ccc(-c2nccs2)c2oc(N3CC4CC(C3)N4C(=O)OC(C)(C)C)nc12)C(F)(F)F. The van der Waals surface area contributed by atoms with Crippen molar-refractivity contribution in [3.8, 4) is 10.6 Å². The number of ether oxygens (including phenoxy) is 3. The molecule has 0 spiro atoms.